The van der Waals surface area contributed by atoms with E-state index in [-0.39, 0.29) is 5.97 Å². The molecule has 0 saturated heterocycles. The van der Waals surface area contributed by atoms with E-state index in [1.165, 1.54) is 0 Å². The van der Waals surface area contributed by atoms with E-state index in [0.29, 0.717) is 24.2 Å². The van der Waals surface area contributed by atoms with E-state index < -0.39 is 0 Å². The Morgan fingerprint density at radius 3 is 2.73 bits per heavy atom. The smallest absolute Gasteiger partial charge is 0.306 e. The molecule has 0 amide bonds. The molecule has 0 bridgehead atoms. The van der Waals surface area contributed by atoms with Crippen molar-refractivity contribution in [3.63, 3.8) is 0 Å². The van der Waals surface area contributed by atoms with Crippen LogP contribution in [0.25, 0.3) is 0 Å². The molecule has 84 valence electrons. The average Bonchev–Trinajstić information content (AvgIpc) is 2.40. The summed E-state index contributed by atoms with van der Waals surface area (Å²) in [6, 6.07) is 0. The summed E-state index contributed by atoms with van der Waals surface area (Å²) in [7, 11) is 1.90. The van der Waals surface area contributed by atoms with Gasteiger partial charge in [-0.25, -0.2) is 0 Å². The maximum atomic E-state index is 11.2. The van der Waals surface area contributed by atoms with E-state index in [4.69, 9.17) is 17.0 Å². The second-order valence-electron chi connectivity index (χ2n) is 3.37. The maximum absolute atomic E-state index is 11.2. The highest BCUT2D eigenvalue weighted by Crippen LogP contribution is 2.09. The Balaban J connectivity index is 2.65. The van der Waals surface area contributed by atoms with Gasteiger partial charge in [-0.1, -0.05) is 0 Å². The van der Waals surface area contributed by atoms with E-state index in [2.05, 4.69) is 4.98 Å². The summed E-state index contributed by atoms with van der Waals surface area (Å²) in [6.45, 7) is 4.19. The minimum absolute atomic E-state index is 0.163. The largest absolute Gasteiger partial charge is 0.466 e. The second-order valence-corrected chi connectivity index (χ2v) is 3.75. The van der Waals surface area contributed by atoms with Crippen LogP contribution in [0.1, 0.15) is 24.7 Å². The van der Waals surface area contributed by atoms with Crippen molar-refractivity contribution in [2.24, 2.45) is 7.05 Å². The van der Waals surface area contributed by atoms with E-state index in [9.17, 15) is 4.79 Å². The van der Waals surface area contributed by atoms with E-state index >= 15 is 0 Å². The molecule has 5 heteroatoms. The third kappa shape index (κ3) is 2.92. The van der Waals surface area contributed by atoms with Crippen molar-refractivity contribution >= 4 is 18.2 Å². The molecule has 1 aromatic heterocycles. The molecule has 1 aromatic rings. The number of ether oxygens (including phenoxy) is 1. The number of hydrogen-bond donors (Lipinski definition) is 1. The number of carbonyl (C=O) groups is 1. The van der Waals surface area contributed by atoms with Gasteiger partial charge in [0, 0.05) is 18.4 Å². The lowest BCUT2D eigenvalue weighted by molar-refractivity contribution is -0.143. The second kappa shape index (κ2) is 5.11. The van der Waals surface area contributed by atoms with Gasteiger partial charge >= 0.3 is 5.97 Å². The monoisotopic (exact) mass is 228 g/mol. The fraction of sp³-hybridized carbons (Fsp3) is 0.600. The van der Waals surface area contributed by atoms with Gasteiger partial charge in [0.2, 0.25) is 0 Å². The van der Waals surface area contributed by atoms with Crippen molar-refractivity contribution in [1.82, 2.24) is 9.55 Å². The minimum Gasteiger partial charge on any atom is -0.466 e. The number of nitrogens with one attached hydrogen (secondary N) is 1. The molecular weight excluding hydrogens is 212 g/mol. The molecule has 15 heavy (non-hydrogen) atoms. The van der Waals surface area contributed by atoms with Crippen LogP contribution in [0.15, 0.2) is 0 Å². The third-order valence-corrected chi connectivity index (χ3v) is 2.68. The maximum Gasteiger partial charge on any atom is 0.306 e. The normalized spacial score (nSPS) is 10.3. The van der Waals surface area contributed by atoms with Gasteiger partial charge in [0.1, 0.15) is 0 Å². The molecular formula is C10H16N2O2S. The van der Waals surface area contributed by atoms with Gasteiger partial charge in [-0.15, -0.1) is 0 Å². The zero-order chi connectivity index (χ0) is 11.4. The average molecular weight is 228 g/mol. The number of imidazole rings is 1. The first kappa shape index (κ1) is 12.0. The van der Waals surface area contributed by atoms with Gasteiger partial charge in [-0.3, -0.25) is 4.79 Å². The number of aromatic nitrogens is 2. The van der Waals surface area contributed by atoms with Gasteiger partial charge in [0.25, 0.3) is 0 Å². The van der Waals surface area contributed by atoms with Crippen LogP contribution < -0.4 is 0 Å². The SMILES string of the molecule is CCOC(=O)CCc1c(C)[nH]c(=S)n1C. The quantitative estimate of drug-likeness (QED) is 0.632. The Morgan fingerprint density at radius 2 is 2.27 bits per heavy atom. The Kier molecular flexibility index (Phi) is 4.08. The first-order valence-corrected chi connectivity index (χ1v) is 5.37. The van der Waals surface area contributed by atoms with E-state index in [0.717, 1.165) is 11.4 Å². The van der Waals surface area contributed by atoms with Gasteiger partial charge in [-0.2, -0.15) is 0 Å². The molecule has 0 unspecified atom stereocenters. The summed E-state index contributed by atoms with van der Waals surface area (Å²) in [6.07, 6.45) is 1.06. The molecule has 1 heterocycles. The van der Waals surface area contributed by atoms with E-state index in [1.807, 2.05) is 18.5 Å². The number of carbonyl (C=O) groups excluding carboxylic acids is 1. The van der Waals surface area contributed by atoms with Crippen molar-refractivity contribution < 1.29 is 9.53 Å². The summed E-state index contributed by atoms with van der Waals surface area (Å²) in [5, 5.41) is 0. The van der Waals surface area contributed by atoms with Crippen LogP contribution in [0.5, 0.6) is 0 Å². The van der Waals surface area contributed by atoms with Crippen LogP contribution >= 0.6 is 12.2 Å². The van der Waals surface area contributed by atoms with Crippen molar-refractivity contribution in [2.75, 3.05) is 6.61 Å². The highest BCUT2D eigenvalue weighted by Gasteiger charge is 2.08. The van der Waals surface area contributed by atoms with Crippen molar-refractivity contribution in [3.8, 4) is 0 Å². The number of aromatic amines is 1. The molecule has 0 spiro atoms. The fourth-order valence-electron chi connectivity index (χ4n) is 1.50. The minimum atomic E-state index is -0.163. The van der Waals surface area contributed by atoms with Crippen molar-refractivity contribution in [2.45, 2.75) is 26.7 Å². The van der Waals surface area contributed by atoms with Crippen LogP contribution in [-0.2, 0) is 23.0 Å². The number of H-pyrrole nitrogens is 1. The van der Waals surface area contributed by atoms with Gasteiger partial charge in [0.15, 0.2) is 4.77 Å². The lowest BCUT2D eigenvalue weighted by atomic mass is 10.2. The molecule has 0 radical (unpaired) electrons. The first-order chi connectivity index (χ1) is 7.06. The van der Waals surface area contributed by atoms with Crippen LogP contribution in [0.4, 0.5) is 0 Å². The predicted octanol–water partition coefficient (Wildman–Crippen LogP) is 1.89. The Labute approximate surface area is 94.3 Å². The summed E-state index contributed by atoms with van der Waals surface area (Å²) in [5.41, 5.74) is 2.08. The van der Waals surface area contributed by atoms with Crippen LogP contribution in [0.2, 0.25) is 0 Å². The zero-order valence-electron chi connectivity index (χ0n) is 9.29. The van der Waals surface area contributed by atoms with Gasteiger partial charge in [0.05, 0.1) is 13.0 Å². The zero-order valence-corrected chi connectivity index (χ0v) is 10.1. The predicted molar refractivity (Wildman–Crippen MR) is 60.3 cm³/mol. The first-order valence-electron chi connectivity index (χ1n) is 4.96. The molecule has 0 atom stereocenters. The summed E-state index contributed by atoms with van der Waals surface area (Å²) >= 11 is 5.08. The highest BCUT2D eigenvalue weighted by atomic mass is 32.1. The fourth-order valence-corrected chi connectivity index (χ4v) is 1.76. The molecule has 0 aliphatic heterocycles. The van der Waals surface area contributed by atoms with Crippen LogP contribution in [0.3, 0.4) is 0 Å². The van der Waals surface area contributed by atoms with E-state index in [1.54, 1.807) is 6.92 Å². The molecule has 0 aliphatic carbocycles. The number of aryl methyl sites for hydroxylation is 1. The highest BCUT2D eigenvalue weighted by molar-refractivity contribution is 7.71. The summed E-state index contributed by atoms with van der Waals surface area (Å²) in [4.78, 5) is 14.2. The Morgan fingerprint density at radius 1 is 1.60 bits per heavy atom. The number of esters is 1. The van der Waals surface area contributed by atoms with Crippen molar-refractivity contribution in [3.05, 3.63) is 16.2 Å². The van der Waals surface area contributed by atoms with Gasteiger partial charge < -0.3 is 14.3 Å². The lowest BCUT2D eigenvalue weighted by Gasteiger charge is -2.04. The molecule has 0 fully saturated rings. The summed E-state index contributed by atoms with van der Waals surface area (Å²) < 4.78 is 7.44. The molecule has 0 saturated carbocycles. The number of rotatable bonds is 4. The Hall–Kier alpha value is -1.10. The standard InChI is InChI=1S/C10H16N2O2S/c1-4-14-9(13)6-5-8-7(2)11-10(15)12(8)3/h4-6H2,1-3H3,(H,11,15). The molecule has 0 aromatic carbocycles. The molecule has 4 nitrogen and oxygen atoms in total. The molecule has 1 N–H and O–H groups in total. The number of hydrogen-bond acceptors (Lipinski definition) is 3. The lowest BCUT2D eigenvalue weighted by Crippen LogP contribution is -2.07. The molecule has 1 rings (SSSR count). The van der Waals surface area contributed by atoms with Crippen molar-refractivity contribution in [1.29, 1.82) is 0 Å². The number of nitrogens with zero attached hydrogens (tertiary/aromatic N) is 1. The van der Waals surface area contributed by atoms with Gasteiger partial charge in [-0.05, 0) is 32.5 Å². The third-order valence-electron chi connectivity index (χ3n) is 2.31. The van der Waals surface area contributed by atoms with Crippen LogP contribution in [0, 0.1) is 11.7 Å². The Bertz CT molecular complexity index is 406. The van der Waals surface area contributed by atoms with Crippen LogP contribution in [-0.4, -0.2) is 22.1 Å². The topological polar surface area (TPSA) is 47.0 Å². The molecule has 0 aliphatic rings. The summed E-state index contributed by atoms with van der Waals surface area (Å²) in [5.74, 6) is -0.163.